The first-order chi connectivity index (χ1) is 16.9. The lowest BCUT2D eigenvalue weighted by Gasteiger charge is -2.15. The average molecular weight is 582 g/mol. The van der Waals surface area contributed by atoms with Gasteiger partial charge in [-0.2, -0.15) is 0 Å². The summed E-state index contributed by atoms with van der Waals surface area (Å²) in [5.41, 5.74) is 5.10. The van der Waals surface area contributed by atoms with E-state index in [-0.39, 0.29) is 24.5 Å². The number of carboxylic acids is 1. The molecule has 35 heavy (non-hydrogen) atoms. The van der Waals surface area contributed by atoms with E-state index < -0.39 is 24.0 Å². The lowest BCUT2D eigenvalue weighted by atomic mass is 9.98. The van der Waals surface area contributed by atoms with Crippen LogP contribution in [0.5, 0.6) is 0 Å². The van der Waals surface area contributed by atoms with Crippen molar-refractivity contribution in [2.75, 3.05) is 11.9 Å². The van der Waals surface area contributed by atoms with Crippen LogP contribution in [0.25, 0.3) is 11.1 Å². The highest BCUT2D eigenvalue weighted by Crippen LogP contribution is 2.44. The predicted octanol–water partition coefficient (Wildman–Crippen LogP) is 5.41. The van der Waals surface area contributed by atoms with Gasteiger partial charge >= 0.3 is 12.1 Å². The topological polar surface area (TPSA) is 105 Å². The minimum atomic E-state index is -1.15. The second-order valence-electron chi connectivity index (χ2n) is 8.07. The van der Waals surface area contributed by atoms with Crippen molar-refractivity contribution in [2.24, 2.45) is 0 Å². The number of benzene rings is 3. The summed E-state index contributed by atoms with van der Waals surface area (Å²) < 4.78 is 6.26. The van der Waals surface area contributed by atoms with Gasteiger partial charge in [0, 0.05) is 20.7 Å². The molecule has 3 N–H and O–H groups in total. The third-order valence-corrected chi connectivity index (χ3v) is 6.38. The zero-order valence-electron chi connectivity index (χ0n) is 18.7. The number of aliphatic carboxylic acids is 1. The highest BCUT2D eigenvalue weighted by Gasteiger charge is 2.29. The highest BCUT2D eigenvalue weighted by molar-refractivity contribution is 14.1. The van der Waals surface area contributed by atoms with Crippen LogP contribution in [-0.4, -0.2) is 35.7 Å². The van der Waals surface area contributed by atoms with Crippen LogP contribution >= 0.6 is 22.6 Å². The van der Waals surface area contributed by atoms with Gasteiger partial charge in [0.1, 0.15) is 12.6 Å². The normalized spacial score (nSPS) is 12.7. The minimum Gasteiger partial charge on any atom is -0.480 e. The predicted molar refractivity (Wildman–Crippen MR) is 142 cm³/mol. The van der Waals surface area contributed by atoms with Gasteiger partial charge in [-0.15, -0.1) is 6.58 Å². The first-order valence-corrected chi connectivity index (χ1v) is 12.0. The Labute approximate surface area is 216 Å². The number of hydrogen-bond donors (Lipinski definition) is 3. The van der Waals surface area contributed by atoms with Gasteiger partial charge < -0.3 is 15.2 Å². The van der Waals surface area contributed by atoms with E-state index in [9.17, 15) is 19.5 Å². The molecule has 0 spiro atoms. The van der Waals surface area contributed by atoms with Gasteiger partial charge in [0.2, 0.25) is 0 Å². The zero-order chi connectivity index (χ0) is 24.9. The monoisotopic (exact) mass is 582 g/mol. The van der Waals surface area contributed by atoms with Gasteiger partial charge in [-0.1, -0.05) is 54.6 Å². The standard InChI is InChI=1S/C27H23IN2O5/c1-2-7-24(26(32)33)30-25(31)16-12-17(28)14-18(13-16)29-27(34)35-15-23-21-10-5-3-8-19(21)20-9-4-6-11-22(20)23/h2-6,8-14,23-24H,1,7,15H2,(H,29,34)(H,30,31)(H,32,33). The molecule has 0 heterocycles. The van der Waals surface area contributed by atoms with E-state index in [4.69, 9.17) is 4.74 Å². The fourth-order valence-corrected chi connectivity index (χ4v) is 4.85. The Morgan fingerprint density at radius 1 is 1.03 bits per heavy atom. The minimum absolute atomic E-state index is 0.0665. The smallest absolute Gasteiger partial charge is 0.411 e. The Morgan fingerprint density at radius 3 is 2.26 bits per heavy atom. The average Bonchev–Trinajstić information content (AvgIpc) is 3.15. The number of halogens is 1. The van der Waals surface area contributed by atoms with E-state index in [1.807, 2.05) is 59.0 Å². The largest absolute Gasteiger partial charge is 0.480 e. The van der Waals surface area contributed by atoms with Crippen LogP contribution in [-0.2, 0) is 9.53 Å². The maximum atomic E-state index is 12.6. The molecule has 0 saturated heterocycles. The second kappa shape index (κ2) is 10.7. The molecule has 1 aliphatic rings. The molecule has 0 aromatic heterocycles. The van der Waals surface area contributed by atoms with Crippen molar-refractivity contribution in [2.45, 2.75) is 18.4 Å². The molecule has 8 heteroatoms. The number of carbonyl (C=O) groups excluding carboxylic acids is 2. The maximum absolute atomic E-state index is 12.6. The first-order valence-electron chi connectivity index (χ1n) is 10.9. The summed E-state index contributed by atoms with van der Waals surface area (Å²) in [5, 5.41) is 14.4. The van der Waals surface area contributed by atoms with E-state index in [1.165, 1.54) is 12.1 Å². The van der Waals surface area contributed by atoms with Gasteiger partial charge in [0.25, 0.3) is 5.91 Å². The molecule has 0 saturated carbocycles. The summed E-state index contributed by atoms with van der Waals surface area (Å²) in [5.74, 6) is -1.78. The summed E-state index contributed by atoms with van der Waals surface area (Å²) in [6.07, 6.45) is 0.878. The SMILES string of the molecule is C=CCC(NC(=O)c1cc(I)cc(NC(=O)OCC2c3ccccc3-c3ccccc32)c1)C(=O)O. The number of ether oxygens (including phenoxy) is 1. The summed E-state index contributed by atoms with van der Waals surface area (Å²) in [6.45, 7) is 3.68. The molecule has 0 bridgehead atoms. The zero-order valence-corrected chi connectivity index (χ0v) is 20.8. The quantitative estimate of drug-likeness (QED) is 0.244. The molecule has 0 aliphatic heterocycles. The van der Waals surface area contributed by atoms with Crippen LogP contribution < -0.4 is 10.6 Å². The Hall–Kier alpha value is -3.66. The van der Waals surface area contributed by atoms with E-state index in [2.05, 4.69) is 29.3 Å². The molecule has 2 amide bonds. The van der Waals surface area contributed by atoms with Gasteiger partial charge in [-0.3, -0.25) is 10.1 Å². The van der Waals surface area contributed by atoms with Crippen LogP contribution in [0.4, 0.5) is 10.5 Å². The summed E-state index contributed by atoms with van der Waals surface area (Å²) in [4.78, 5) is 36.5. The highest BCUT2D eigenvalue weighted by atomic mass is 127. The Morgan fingerprint density at radius 2 is 1.66 bits per heavy atom. The molecule has 178 valence electrons. The van der Waals surface area contributed by atoms with Crippen molar-refractivity contribution >= 4 is 46.2 Å². The summed E-state index contributed by atoms with van der Waals surface area (Å²) in [7, 11) is 0. The van der Waals surface area contributed by atoms with Crippen LogP contribution in [0.1, 0.15) is 33.8 Å². The number of rotatable bonds is 8. The molecule has 1 unspecified atom stereocenters. The molecular formula is C27H23IN2O5. The van der Waals surface area contributed by atoms with Crippen LogP contribution in [0.2, 0.25) is 0 Å². The first kappa shape index (κ1) is 24.5. The summed E-state index contributed by atoms with van der Waals surface area (Å²) >= 11 is 2.02. The molecule has 4 rings (SSSR count). The van der Waals surface area contributed by atoms with E-state index in [0.29, 0.717) is 9.26 Å². The molecule has 0 fully saturated rings. The molecule has 3 aromatic rings. The van der Waals surface area contributed by atoms with Crippen LogP contribution in [0.15, 0.2) is 79.4 Å². The Bertz CT molecular complexity index is 1260. The molecule has 0 radical (unpaired) electrons. The number of amides is 2. The van der Waals surface area contributed by atoms with E-state index in [1.54, 1.807) is 12.1 Å². The fraction of sp³-hybridized carbons (Fsp3) is 0.148. The van der Waals surface area contributed by atoms with E-state index in [0.717, 1.165) is 22.3 Å². The van der Waals surface area contributed by atoms with Gasteiger partial charge in [-0.05, 0) is 69.5 Å². The van der Waals surface area contributed by atoms with Crippen molar-refractivity contribution in [3.8, 4) is 11.1 Å². The molecule has 1 atom stereocenters. The molecular weight excluding hydrogens is 559 g/mol. The van der Waals surface area contributed by atoms with Crippen LogP contribution in [0, 0.1) is 3.57 Å². The number of carbonyl (C=O) groups is 3. The number of carboxylic acid groups (broad SMARTS) is 1. The third-order valence-electron chi connectivity index (χ3n) is 5.76. The maximum Gasteiger partial charge on any atom is 0.411 e. The van der Waals surface area contributed by atoms with E-state index >= 15 is 0 Å². The summed E-state index contributed by atoms with van der Waals surface area (Å²) in [6, 6.07) is 19.8. The number of nitrogens with one attached hydrogen (secondary N) is 2. The van der Waals surface area contributed by atoms with Crippen molar-refractivity contribution in [1.82, 2.24) is 5.32 Å². The Kier molecular flexibility index (Phi) is 7.50. The lowest BCUT2D eigenvalue weighted by Crippen LogP contribution is -2.40. The van der Waals surface area contributed by atoms with Crippen molar-refractivity contribution < 1.29 is 24.2 Å². The second-order valence-corrected chi connectivity index (χ2v) is 9.31. The van der Waals surface area contributed by atoms with Crippen molar-refractivity contribution in [3.63, 3.8) is 0 Å². The molecule has 7 nitrogen and oxygen atoms in total. The van der Waals surface area contributed by atoms with Gasteiger partial charge in [0.05, 0.1) is 0 Å². The van der Waals surface area contributed by atoms with Gasteiger partial charge in [0.15, 0.2) is 0 Å². The fourth-order valence-electron chi connectivity index (χ4n) is 4.17. The Balaban J connectivity index is 1.44. The van der Waals surface area contributed by atoms with Gasteiger partial charge in [-0.25, -0.2) is 9.59 Å². The molecule has 3 aromatic carbocycles. The van der Waals surface area contributed by atoms with Crippen molar-refractivity contribution in [1.29, 1.82) is 0 Å². The molecule has 1 aliphatic carbocycles. The van der Waals surface area contributed by atoms with Crippen LogP contribution in [0.3, 0.4) is 0 Å². The number of hydrogen-bond acceptors (Lipinski definition) is 4. The third kappa shape index (κ3) is 5.54. The number of anilines is 1. The van der Waals surface area contributed by atoms with Crippen molar-refractivity contribution in [3.05, 3.63) is 99.6 Å². The lowest BCUT2D eigenvalue weighted by molar-refractivity contribution is -0.139. The number of fused-ring (bicyclic) bond motifs is 3.